The van der Waals surface area contributed by atoms with E-state index in [-0.39, 0.29) is 17.1 Å². The van der Waals surface area contributed by atoms with Gasteiger partial charge in [-0.2, -0.15) is 0 Å². The number of ether oxygens (including phenoxy) is 2. The van der Waals surface area contributed by atoms with Gasteiger partial charge in [0.2, 0.25) is 0 Å². The van der Waals surface area contributed by atoms with Gasteiger partial charge in [-0.05, 0) is 55.4 Å². The van der Waals surface area contributed by atoms with Crippen molar-refractivity contribution >= 4 is 22.4 Å². The van der Waals surface area contributed by atoms with Crippen LogP contribution in [-0.4, -0.2) is 47.2 Å². The van der Waals surface area contributed by atoms with E-state index < -0.39 is 6.29 Å². The Hall–Kier alpha value is -2.52. The number of hydroxylamine groups is 1. The van der Waals surface area contributed by atoms with Crippen molar-refractivity contribution in [1.82, 2.24) is 15.4 Å². The van der Waals surface area contributed by atoms with E-state index in [2.05, 4.69) is 29.8 Å². The number of hydrogen-bond acceptors (Lipinski definition) is 6. The van der Waals surface area contributed by atoms with Crippen LogP contribution in [0.4, 0.5) is 14.6 Å². The van der Waals surface area contributed by atoms with Crippen LogP contribution in [0.15, 0.2) is 29.4 Å². The highest BCUT2D eigenvalue weighted by molar-refractivity contribution is 5.90. The molecule has 0 amide bonds. The number of piperidine rings is 3. The number of hydrogen-bond donors (Lipinski definition) is 1. The molecule has 0 saturated carbocycles. The molecular formula is C19H18F2N4O3. The molecule has 1 aromatic carbocycles. The van der Waals surface area contributed by atoms with Gasteiger partial charge in [0, 0.05) is 24.5 Å². The van der Waals surface area contributed by atoms with Gasteiger partial charge in [0.1, 0.15) is 11.4 Å². The Morgan fingerprint density at radius 2 is 1.86 bits per heavy atom. The van der Waals surface area contributed by atoms with Gasteiger partial charge >= 0.3 is 6.29 Å². The normalized spacial score (nSPS) is 33.7. The lowest BCUT2D eigenvalue weighted by atomic mass is 9.74. The van der Waals surface area contributed by atoms with Crippen molar-refractivity contribution < 1.29 is 23.1 Å². The van der Waals surface area contributed by atoms with Crippen LogP contribution < -0.4 is 15.0 Å². The van der Waals surface area contributed by atoms with E-state index in [4.69, 9.17) is 4.84 Å². The first-order chi connectivity index (χ1) is 13.5. The van der Waals surface area contributed by atoms with Crippen molar-refractivity contribution in [2.24, 2.45) is 10.9 Å². The fraction of sp³-hybridized carbons (Fsp3) is 0.474. The zero-order valence-corrected chi connectivity index (χ0v) is 15.0. The first-order valence-electron chi connectivity index (χ1n) is 9.42. The molecule has 1 unspecified atom stereocenters. The smallest absolute Gasteiger partial charge is 0.395 e. The number of nitrogens with one attached hydrogen (secondary N) is 1. The summed E-state index contributed by atoms with van der Waals surface area (Å²) in [6.07, 6.45) is 0.989. The number of pyridine rings is 1. The van der Waals surface area contributed by atoms with E-state index in [1.54, 1.807) is 12.3 Å². The molecule has 146 valence electrons. The first kappa shape index (κ1) is 16.4. The van der Waals surface area contributed by atoms with Crippen LogP contribution in [0.25, 0.3) is 10.8 Å². The summed E-state index contributed by atoms with van der Waals surface area (Å²) in [7, 11) is 0. The molecule has 1 atom stereocenters. The van der Waals surface area contributed by atoms with Crippen LogP contribution in [0.3, 0.4) is 0 Å². The van der Waals surface area contributed by atoms with Crippen LogP contribution in [0.1, 0.15) is 19.3 Å². The first-order valence-corrected chi connectivity index (χ1v) is 9.42. The number of aromatic nitrogens is 1. The number of rotatable bonds is 1. The molecule has 7 rings (SSSR count). The lowest BCUT2D eigenvalue weighted by molar-refractivity contribution is -0.286. The van der Waals surface area contributed by atoms with E-state index in [9.17, 15) is 8.78 Å². The number of alkyl halides is 2. The highest BCUT2D eigenvalue weighted by Crippen LogP contribution is 2.44. The van der Waals surface area contributed by atoms with E-state index in [1.807, 2.05) is 0 Å². The van der Waals surface area contributed by atoms with Gasteiger partial charge in [0.25, 0.3) is 0 Å². The molecule has 28 heavy (non-hydrogen) atoms. The lowest BCUT2D eigenvalue weighted by Gasteiger charge is -2.49. The molecule has 0 radical (unpaired) electrons. The number of amidine groups is 1. The molecule has 5 aliphatic heterocycles. The second kappa shape index (κ2) is 5.51. The number of aliphatic imine (C=N–C) groups is 1. The van der Waals surface area contributed by atoms with Gasteiger partial charge in [0.15, 0.2) is 17.3 Å². The molecule has 1 N–H and O–H groups in total. The molecule has 2 bridgehead atoms. The monoisotopic (exact) mass is 388 g/mol. The zero-order chi connectivity index (χ0) is 18.9. The van der Waals surface area contributed by atoms with Crippen LogP contribution in [-0.2, 0) is 4.84 Å². The largest absolute Gasteiger partial charge is 0.586 e. The van der Waals surface area contributed by atoms with Crippen molar-refractivity contribution in [3.63, 3.8) is 0 Å². The number of fused-ring (bicyclic) bond motifs is 4. The highest BCUT2D eigenvalue weighted by atomic mass is 19.3. The van der Waals surface area contributed by atoms with Crippen molar-refractivity contribution in [3.05, 3.63) is 24.4 Å². The minimum Gasteiger partial charge on any atom is -0.395 e. The van der Waals surface area contributed by atoms with E-state index in [1.165, 1.54) is 12.1 Å². The highest BCUT2D eigenvalue weighted by Gasteiger charge is 2.52. The zero-order valence-electron chi connectivity index (χ0n) is 15.0. The molecule has 4 fully saturated rings. The summed E-state index contributed by atoms with van der Waals surface area (Å²) in [5.74, 6) is 1.79. The van der Waals surface area contributed by atoms with Gasteiger partial charge in [-0.1, -0.05) is 0 Å². The van der Waals surface area contributed by atoms with Crippen molar-refractivity contribution in [3.8, 4) is 11.5 Å². The Morgan fingerprint density at radius 1 is 1.11 bits per heavy atom. The Labute approximate surface area is 159 Å². The van der Waals surface area contributed by atoms with E-state index in [0.717, 1.165) is 44.7 Å². The Morgan fingerprint density at radius 3 is 2.57 bits per heavy atom. The number of benzene rings is 1. The third-order valence-electron chi connectivity index (χ3n) is 6.14. The number of halogens is 2. The standard InChI is InChI=1S/C19H18F2N4O3/c20-19(21)26-14-5-11-7-16(22-9-12(11)6-15(14)27-19)23-17-8-18(28-24-17)10-25-3-1-13(18)2-4-25/h5-7,9,13H,1-4,8,10H2,(H,22,23,24). The van der Waals surface area contributed by atoms with Crippen molar-refractivity contribution in [2.45, 2.75) is 31.2 Å². The van der Waals surface area contributed by atoms with Crippen LogP contribution in [0.5, 0.6) is 11.5 Å². The predicted molar refractivity (Wildman–Crippen MR) is 95.8 cm³/mol. The molecular weight excluding hydrogens is 370 g/mol. The summed E-state index contributed by atoms with van der Waals surface area (Å²) >= 11 is 0. The maximum absolute atomic E-state index is 13.3. The van der Waals surface area contributed by atoms with Gasteiger partial charge in [-0.25, -0.2) is 9.98 Å². The minimum absolute atomic E-state index is 0.00789. The second-order valence-electron chi connectivity index (χ2n) is 7.91. The average Bonchev–Trinajstić information content (AvgIpc) is 3.19. The molecule has 2 aromatic rings. The molecule has 1 aromatic heterocycles. The quantitative estimate of drug-likeness (QED) is 0.810. The summed E-state index contributed by atoms with van der Waals surface area (Å²) in [5.41, 5.74) is 2.79. The molecule has 6 heterocycles. The maximum Gasteiger partial charge on any atom is 0.586 e. The van der Waals surface area contributed by atoms with Gasteiger partial charge < -0.3 is 14.4 Å². The Kier molecular flexibility index (Phi) is 3.24. The fourth-order valence-corrected chi connectivity index (χ4v) is 4.80. The molecule has 5 aliphatic rings. The topological polar surface area (TPSA) is 68.2 Å². The second-order valence-corrected chi connectivity index (χ2v) is 7.91. The Balaban J connectivity index is 1.29. The minimum atomic E-state index is -3.63. The van der Waals surface area contributed by atoms with Crippen LogP contribution >= 0.6 is 0 Å². The van der Waals surface area contributed by atoms with Gasteiger partial charge in [-0.3, -0.25) is 10.3 Å². The van der Waals surface area contributed by atoms with Gasteiger partial charge in [-0.15, -0.1) is 8.78 Å². The maximum atomic E-state index is 13.3. The SMILES string of the molecule is FC1(F)Oc2cc3cnc(/N=C4/CC5(CN6CCC5CC6)ON4)cc3cc2O1. The fourth-order valence-electron chi connectivity index (χ4n) is 4.80. The number of nitrogens with zero attached hydrogens (tertiary/aromatic N) is 3. The summed E-state index contributed by atoms with van der Waals surface area (Å²) in [6.45, 7) is 3.21. The summed E-state index contributed by atoms with van der Waals surface area (Å²) in [4.78, 5) is 17.4. The van der Waals surface area contributed by atoms with Crippen molar-refractivity contribution in [2.75, 3.05) is 19.6 Å². The van der Waals surface area contributed by atoms with Crippen molar-refractivity contribution in [1.29, 1.82) is 0 Å². The van der Waals surface area contributed by atoms with Crippen LogP contribution in [0, 0.1) is 5.92 Å². The third-order valence-corrected chi connectivity index (χ3v) is 6.14. The summed E-state index contributed by atoms with van der Waals surface area (Å²) in [6, 6.07) is 4.75. The van der Waals surface area contributed by atoms with Crippen LogP contribution in [0.2, 0.25) is 0 Å². The molecule has 9 heteroatoms. The molecule has 7 nitrogen and oxygen atoms in total. The average molecular weight is 388 g/mol. The van der Waals surface area contributed by atoms with E-state index >= 15 is 0 Å². The molecule has 1 spiro atoms. The third kappa shape index (κ3) is 2.53. The molecule has 4 saturated heterocycles. The van der Waals surface area contributed by atoms with Gasteiger partial charge in [0.05, 0.1) is 0 Å². The summed E-state index contributed by atoms with van der Waals surface area (Å²) in [5, 5.41) is 1.37. The predicted octanol–water partition coefficient (Wildman–Crippen LogP) is 2.98. The molecule has 0 aliphatic carbocycles. The Bertz CT molecular complexity index is 1010. The lowest BCUT2D eigenvalue weighted by Crippen LogP contribution is -2.59. The van der Waals surface area contributed by atoms with E-state index in [0.29, 0.717) is 22.5 Å². The summed E-state index contributed by atoms with van der Waals surface area (Å²) < 4.78 is 35.6.